The van der Waals surface area contributed by atoms with Crippen LogP contribution in [-0.2, 0) is 11.2 Å². The average molecular weight is 392 g/mol. The Bertz CT molecular complexity index is 1020. The highest BCUT2D eigenvalue weighted by Crippen LogP contribution is 2.33. The van der Waals surface area contributed by atoms with Crippen molar-refractivity contribution in [2.24, 2.45) is 0 Å². The number of aromatic nitrogens is 3. The number of carbonyl (C=O) groups excluding carboxylic acids is 1. The summed E-state index contributed by atoms with van der Waals surface area (Å²) in [5.74, 6) is 2.50. The lowest BCUT2D eigenvalue weighted by atomic mass is 9.97. The average Bonchev–Trinajstić information content (AvgIpc) is 3.44. The fourth-order valence-electron chi connectivity index (χ4n) is 3.73. The number of carbonyl (C=O) groups is 1. The molecular formula is C21H20N4O4. The molecule has 0 N–H and O–H groups in total. The topological polar surface area (TPSA) is 90.6 Å². The van der Waals surface area contributed by atoms with Gasteiger partial charge in [-0.25, -0.2) is 0 Å². The molecule has 0 saturated carbocycles. The minimum Gasteiger partial charge on any atom is -0.454 e. The van der Waals surface area contributed by atoms with Gasteiger partial charge < -0.3 is 18.8 Å². The van der Waals surface area contributed by atoms with E-state index in [1.807, 2.05) is 41.3 Å². The first-order valence-corrected chi connectivity index (χ1v) is 9.67. The highest BCUT2D eigenvalue weighted by molar-refractivity contribution is 5.79. The van der Waals surface area contributed by atoms with Gasteiger partial charge in [-0.15, -0.1) is 10.2 Å². The molecule has 8 nitrogen and oxygen atoms in total. The van der Waals surface area contributed by atoms with Crippen LogP contribution >= 0.6 is 0 Å². The van der Waals surface area contributed by atoms with Gasteiger partial charge in [0.05, 0.1) is 12.3 Å². The van der Waals surface area contributed by atoms with Gasteiger partial charge in [-0.05, 0) is 42.7 Å². The van der Waals surface area contributed by atoms with Crippen LogP contribution in [0.2, 0.25) is 0 Å². The first-order chi connectivity index (χ1) is 14.3. The van der Waals surface area contributed by atoms with Gasteiger partial charge in [0.15, 0.2) is 11.5 Å². The van der Waals surface area contributed by atoms with E-state index in [0.29, 0.717) is 36.2 Å². The molecule has 3 aromatic rings. The van der Waals surface area contributed by atoms with E-state index in [1.165, 1.54) is 0 Å². The van der Waals surface area contributed by atoms with E-state index >= 15 is 0 Å². The Morgan fingerprint density at radius 3 is 2.97 bits per heavy atom. The van der Waals surface area contributed by atoms with E-state index in [-0.39, 0.29) is 18.6 Å². The molecule has 0 bridgehead atoms. The number of fused-ring (bicyclic) bond motifs is 1. The molecule has 1 amide bonds. The molecule has 0 aliphatic carbocycles. The zero-order valence-electron chi connectivity index (χ0n) is 15.8. The van der Waals surface area contributed by atoms with Crippen LogP contribution in [0.15, 0.2) is 47.0 Å². The van der Waals surface area contributed by atoms with Crippen molar-refractivity contribution in [3.8, 4) is 23.1 Å². The molecular weight excluding hydrogens is 372 g/mol. The van der Waals surface area contributed by atoms with E-state index in [4.69, 9.17) is 13.9 Å². The summed E-state index contributed by atoms with van der Waals surface area (Å²) in [6.45, 7) is 1.54. The van der Waals surface area contributed by atoms with Crippen molar-refractivity contribution in [3.63, 3.8) is 0 Å². The predicted octanol–water partition coefficient (Wildman–Crippen LogP) is 2.81. The summed E-state index contributed by atoms with van der Waals surface area (Å²) in [6, 6.07) is 11.2. The number of rotatable bonds is 4. The normalized spacial score (nSPS) is 18.1. The Labute approximate surface area is 167 Å². The number of hydrogen-bond acceptors (Lipinski definition) is 7. The van der Waals surface area contributed by atoms with Crippen molar-refractivity contribution in [2.45, 2.75) is 25.2 Å². The summed E-state index contributed by atoms with van der Waals surface area (Å²) >= 11 is 0. The predicted molar refractivity (Wildman–Crippen MR) is 102 cm³/mol. The van der Waals surface area contributed by atoms with E-state index in [1.54, 1.807) is 6.20 Å². The number of ether oxygens (including phenoxy) is 2. The maximum absolute atomic E-state index is 12.8. The maximum Gasteiger partial charge on any atom is 0.266 e. The van der Waals surface area contributed by atoms with Gasteiger partial charge in [0.25, 0.3) is 5.89 Å². The van der Waals surface area contributed by atoms with Gasteiger partial charge in [-0.2, -0.15) is 0 Å². The van der Waals surface area contributed by atoms with E-state index < -0.39 is 0 Å². The third-order valence-electron chi connectivity index (χ3n) is 5.24. The monoisotopic (exact) mass is 392 g/mol. The van der Waals surface area contributed by atoms with Crippen molar-refractivity contribution >= 4 is 5.91 Å². The van der Waals surface area contributed by atoms with Crippen LogP contribution in [0.5, 0.6) is 11.5 Å². The number of hydrogen-bond donors (Lipinski definition) is 0. The highest BCUT2D eigenvalue weighted by Gasteiger charge is 2.29. The van der Waals surface area contributed by atoms with E-state index in [0.717, 1.165) is 30.7 Å². The number of pyridine rings is 1. The molecule has 1 aromatic carbocycles. The first-order valence-electron chi connectivity index (χ1n) is 9.67. The third-order valence-corrected chi connectivity index (χ3v) is 5.24. The van der Waals surface area contributed by atoms with Crippen LogP contribution in [0.3, 0.4) is 0 Å². The number of amides is 1. The molecule has 4 heterocycles. The molecule has 0 spiro atoms. The molecule has 8 heteroatoms. The summed E-state index contributed by atoms with van der Waals surface area (Å²) in [4.78, 5) is 19.0. The summed E-state index contributed by atoms with van der Waals surface area (Å²) in [5, 5.41) is 8.33. The molecule has 2 aromatic heterocycles. The standard InChI is InChI=1S/C21H20N4O4/c26-19(11-14-6-7-17-18(10-14)28-13-27-17)25-9-3-4-15(12-25)20-23-24-21(29-20)16-5-1-2-8-22-16/h1-2,5-8,10,15H,3-4,9,11-13H2/t15-/m0/s1. The second-order valence-corrected chi connectivity index (χ2v) is 7.20. The van der Waals surface area contributed by atoms with Crippen molar-refractivity contribution in [1.82, 2.24) is 20.1 Å². The second kappa shape index (κ2) is 7.54. The number of likely N-dealkylation sites (tertiary alicyclic amines) is 1. The molecule has 2 aliphatic rings. The molecule has 29 heavy (non-hydrogen) atoms. The Morgan fingerprint density at radius 2 is 2.07 bits per heavy atom. The molecule has 2 aliphatic heterocycles. The first kappa shape index (κ1) is 17.7. The van der Waals surface area contributed by atoms with Gasteiger partial charge in [0.1, 0.15) is 5.69 Å². The molecule has 1 fully saturated rings. The zero-order chi connectivity index (χ0) is 19.6. The van der Waals surface area contributed by atoms with Crippen LogP contribution in [0.4, 0.5) is 0 Å². The Hall–Kier alpha value is -3.42. The fraction of sp³-hybridized carbons (Fsp3) is 0.333. The molecule has 0 radical (unpaired) electrons. The van der Waals surface area contributed by atoms with E-state index in [9.17, 15) is 4.79 Å². The lowest BCUT2D eigenvalue weighted by Gasteiger charge is -2.31. The Balaban J connectivity index is 1.26. The van der Waals surface area contributed by atoms with Crippen LogP contribution in [-0.4, -0.2) is 45.9 Å². The highest BCUT2D eigenvalue weighted by atomic mass is 16.7. The SMILES string of the molecule is O=C(Cc1ccc2c(c1)OCO2)N1CCC[C@H](c2nnc(-c3ccccn3)o2)C1. The summed E-state index contributed by atoms with van der Waals surface area (Å²) < 4.78 is 16.6. The third kappa shape index (κ3) is 3.65. The van der Waals surface area contributed by atoms with Crippen molar-refractivity contribution in [3.05, 3.63) is 54.0 Å². The number of nitrogens with zero attached hydrogens (tertiary/aromatic N) is 4. The quantitative estimate of drug-likeness (QED) is 0.674. The van der Waals surface area contributed by atoms with E-state index in [2.05, 4.69) is 15.2 Å². The number of benzene rings is 1. The lowest BCUT2D eigenvalue weighted by Crippen LogP contribution is -2.40. The van der Waals surface area contributed by atoms with Gasteiger partial charge >= 0.3 is 0 Å². The van der Waals surface area contributed by atoms with Gasteiger partial charge in [-0.3, -0.25) is 9.78 Å². The van der Waals surface area contributed by atoms with Crippen LogP contribution in [0, 0.1) is 0 Å². The van der Waals surface area contributed by atoms with Crippen LogP contribution in [0.25, 0.3) is 11.6 Å². The van der Waals surface area contributed by atoms with Crippen LogP contribution < -0.4 is 9.47 Å². The smallest absolute Gasteiger partial charge is 0.266 e. The largest absolute Gasteiger partial charge is 0.454 e. The minimum absolute atomic E-state index is 0.0365. The zero-order valence-corrected chi connectivity index (χ0v) is 15.8. The maximum atomic E-state index is 12.8. The van der Waals surface area contributed by atoms with Gasteiger partial charge in [0.2, 0.25) is 18.6 Å². The van der Waals surface area contributed by atoms with Crippen molar-refractivity contribution in [2.75, 3.05) is 19.9 Å². The summed E-state index contributed by atoms with van der Waals surface area (Å²) in [7, 11) is 0. The van der Waals surface area contributed by atoms with Crippen molar-refractivity contribution in [1.29, 1.82) is 0 Å². The van der Waals surface area contributed by atoms with Gasteiger partial charge in [0, 0.05) is 19.3 Å². The van der Waals surface area contributed by atoms with Crippen LogP contribution in [0.1, 0.15) is 30.2 Å². The number of piperidine rings is 1. The Kier molecular flexibility index (Phi) is 4.59. The lowest BCUT2D eigenvalue weighted by molar-refractivity contribution is -0.131. The summed E-state index contributed by atoms with van der Waals surface area (Å²) in [6.07, 6.45) is 3.83. The molecule has 0 unspecified atom stereocenters. The Morgan fingerprint density at radius 1 is 1.14 bits per heavy atom. The summed E-state index contributed by atoms with van der Waals surface area (Å²) in [5.41, 5.74) is 1.56. The van der Waals surface area contributed by atoms with Crippen molar-refractivity contribution < 1.29 is 18.7 Å². The van der Waals surface area contributed by atoms with Gasteiger partial charge in [-0.1, -0.05) is 12.1 Å². The molecule has 1 saturated heterocycles. The fourth-order valence-corrected chi connectivity index (χ4v) is 3.73. The second-order valence-electron chi connectivity index (χ2n) is 7.20. The molecule has 1 atom stereocenters. The molecule has 148 valence electrons. The minimum atomic E-state index is 0.0365. The molecule has 5 rings (SSSR count).